The third kappa shape index (κ3) is 3.96. The molecular formula is C21H23N7O. The van der Waals surface area contributed by atoms with Crippen LogP contribution in [0.3, 0.4) is 0 Å². The molecule has 3 heterocycles. The molecule has 0 bridgehead atoms. The standard InChI is InChI=1S/C21H23N7O/c1-13-10-14(2)28(27-13)20-11-19(25-15(3)26-20)22-8-9-23-21(29)17-12-24-18-7-5-4-6-16(17)18/h4-7,10-12,24H,8-9H2,1-3H3,(H,23,29)(H,22,25,26). The largest absolute Gasteiger partial charge is 0.368 e. The van der Waals surface area contributed by atoms with Crippen molar-refractivity contribution in [3.63, 3.8) is 0 Å². The number of nitrogens with zero attached hydrogens (tertiary/aromatic N) is 4. The number of fused-ring (bicyclic) bond motifs is 1. The number of nitrogens with one attached hydrogen (secondary N) is 3. The molecule has 1 amide bonds. The van der Waals surface area contributed by atoms with Crippen molar-refractivity contribution in [2.24, 2.45) is 0 Å². The van der Waals surface area contributed by atoms with Crippen molar-refractivity contribution in [2.45, 2.75) is 20.8 Å². The molecule has 0 radical (unpaired) electrons. The van der Waals surface area contributed by atoms with E-state index in [1.807, 2.05) is 57.2 Å². The molecule has 4 aromatic rings. The third-order valence-corrected chi connectivity index (χ3v) is 4.60. The van der Waals surface area contributed by atoms with Crippen LogP contribution in [0.2, 0.25) is 0 Å². The number of amides is 1. The van der Waals surface area contributed by atoms with Crippen LogP contribution in [0.5, 0.6) is 0 Å². The van der Waals surface area contributed by atoms with Gasteiger partial charge in [0.05, 0.1) is 11.3 Å². The molecule has 3 aromatic heterocycles. The normalized spacial score (nSPS) is 11.0. The Kier molecular flexibility index (Phi) is 4.99. The van der Waals surface area contributed by atoms with Crippen molar-refractivity contribution in [1.82, 2.24) is 30.0 Å². The predicted molar refractivity (Wildman–Crippen MR) is 112 cm³/mol. The number of hydrogen-bond donors (Lipinski definition) is 3. The summed E-state index contributed by atoms with van der Waals surface area (Å²) in [4.78, 5) is 24.5. The lowest BCUT2D eigenvalue weighted by molar-refractivity contribution is 0.0957. The number of para-hydroxylation sites is 1. The summed E-state index contributed by atoms with van der Waals surface area (Å²) >= 11 is 0. The number of H-pyrrole nitrogens is 1. The van der Waals surface area contributed by atoms with Gasteiger partial charge in [0.1, 0.15) is 11.6 Å². The first-order valence-electron chi connectivity index (χ1n) is 9.49. The number of aromatic nitrogens is 5. The summed E-state index contributed by atoms with van der Waals surface area (Å²) in [6, 6.07) is 11.6. The second kappa shape index (κ2) is 7.75. The fourth-order valence-electron chi connectivity index (χ4n) is 3.33. The van der Waals surface area contributed by atoms with E-state index in [0.717, 1.165) is 22.3 Å². The van der Waals surface area contributed by atoms with Crippen LogP contribution in [0.25, 0.3) is 16.7 Å². The molecule has 0 aliphatic carbocycles. The molecule has 0 saturated carbocycles. The SMILES string of the molecule is Cc1cc(C)n(-c2cc(NCCNC(=O)c3c[nH]c4ccccc34)nc(C)n2)n1. The van der Waals surface area contributed by atoms with E-state index >= 15 is 0 Å². The molecule has 0 unspecified atom stereocenters. The highest BCUT2D eigenvalue weighted by Crippen LogP contribution is 2.17. The number of hydrogen-bond acceptors (Lipinski definition) is 5. The first-order valence-corrected chi connectivity index (χ1v) is 9.49. The topological polar surface area (TPSA) is 101 Å². The molecule has 0 aliphatic rings. The van der Waals surface area contributed by atoms with Crippen LogP contribution in [0.15, 0.2) is 42.6 Å². The lowest BCUT2D eigenvalue weighted by Gasteiger charge is -2.10. The highest BCUT2D eigenvalue weighted by molar-refractivity contribution is 6.06. The molecule has 0 fully saturated rings. The number of anilines is 1. The highest BCUT2D eigenvalue weighted by Gasteiger charge is 2.11. The molecule has 29 heavy (non-hydrogen) atoms. The van der Waals surface area contributed by atoms with Gasteiger partial charge in [0, 0.05) is 41.9 Å². The maximum absolute atomic E-state index is 12.5. The van der Waals surface area contributed by atoms with Gasteiger partial charge in [0.15, 0.2) is 5.82 Å². The van der Waals surface area contributed by atoms with Crippen molar-refractivity contribution < 1.29 is 4.79 Å². The van der Waals surface area contributed by atoms with Gasteiger partial charge < -0.3 is 15.6 Å². The summed E-state index contributed by atoms with van der Waals surface area (Å²) in [5.74, 6) is 1.96. The van der Waals surface area contributed by atoms with Gasteiger partial charge >= 0.3 is 0 Å². The lowest BCUT2D eigenvalue weighted by Crippen LogP contribution is -2.28. The van der Waals surface area contributed by atoms with Crippen LogP contribution in [0.1, 0.15) is 27.6 Å². The van der Waals surface area contributed by atoms with E-state index in [1.165, 1.54) is 0 Å². The van der Waals surface area contributed by atoms with Crippen LogP contribution in [0.4, 0.5) is 5.82 Å². The number of carbonyl (C=O) groups is 1. The Balaban J connectivity index is 1.38. The third-order valence-electron chi connectivity index (χ3n) is 4.60. The van der Waals surface area contributed by atoms with Gasteiger partial charge in [-0.05, 0) is 32.9 Å². The van der Waals surface area contributed by atoms with Crippen LogP contribution in [0, 0.1) is 20.8 Å². The second-order valence-corrected chi connectivity index (χ2v) is 6.93. The van der Waals surface area contributed by atoms with E-state index in [0.29, 0.717) is 36.1 Å². The maximum atomic E-state index is 12.5. The van der Waals surface area contributed by atoms with E-state index in [2.05, 4.69) is 30.7 Å². The molecule has 0 aliphatic heterocycles. The average Bonchev–Trinajstić information content (AvgIpc) is 3.27. The molecule has 0 atom stereocenters. The van der Waals surface area contributed by atoms with Gasteiger partial charge in [-0.1, -0.05) is 18.2 Å². The van der Waals surface area contributed by atoms with Crippen molar-refractivity contribution in [1.29, 1.82) is 0 Å². The molecule has 4 rings (SSSR count). The van der Waals surface area contributed by atoms with Gasteiger partial charge in [-0.3, -0.25) is 4.79 Å². The summed E-state index contributed by atoms with van der Waals surface area (Å²) < 4.78 is 1.80. The van der Waals surface area contributed by atoms with Crippen molar-refractivity contribution in [2.75, 3.05) is 18.4 Å². The summed E-state index contributed by atoms with van der Waals surface area (Å²) in [5, 5.41) is 11.6. The number of rotatable bonds is 6. The predicted octanol–water partition coefficient (Wildman–Crippen LogP) is 2.91. The van der Waals surface area contributed by atoms with Gasteiger partial charge in [-0.15, -0.1) is 0 Å². The fraction of sp³-hybridized carbons (Fsp3) is 0.238. The summed E-state index contributed by atoms with van der Waals surface area (Å²) in [6.07, 6.45) is 1.74. The van der Waals surface area contributed by atoms with E-state index in [-0.39, 0.29) is 5.91 Å². The first kappa shape index (κ1) is 18.7. The monoisotopic (exact) mass is 389 g/mol. The van der Waals surface area contributed by atoms with E-state index in [1.54, 1.807) is 10.9 Å². The summed E-state index contributed by atoms with van der Waals surface area (Å²) in [6.45, 7) is 6.80. The molecule has 0 spiro atoms. The Morgan fingerprint density at radius 2 is 1.93 bits per heavy atom. The molecule has 3 N–H and O–H groups in total. The highest BCUT2D eigenvalue weighted by atomic mass is 16.1. The second-order valence-electron chi connectivity index (χ2n) is 6.93. The Bertz CT molecular complexity index is 1170. The zero-order valence-corrected chi connectivity index (χ0v) is 16.7. The molecule has 8 heteroatoms. The Morgan fingerprint density at radius 3 is 2.72 bits per heavy atom. The Labute approximate surface area is 168 Å². The van der Waals surface area contributed by atoms with Crippen molar-refractivity contribution in [3.8, 4) is 5.82 Å². The molecule has 8 nitrogen and oxygen atoms in total. The smallest absolute Gasteiger partial charge is 0.253 e. The minimum atomic E-state index is -0.105. The number of carbonyl (C=O) groups excluding carboxylic acids is 1. The van der Waals surface area contributed by atoms with Crippen LogP contribution < -0.4 is 10.6 Å². The molecule has 148 valence electrons. The lowest BCUT2D eigenvalue weighted by atomic mass is 10.1. The minimum Gasteiger partial charge on any atom is -0.368 e. The van der Waals surface area contributed by atoms with E-state index in [9.17, 15) is 4.79 Å². The number of aromatic amines is 1. The summed E-state index contributed by atoms with van der Waals surface area (Å²) in [5.41, 5.74) is 3.54. The fourth-order valence-corrected chi connectivity index (χ4v) is 3.33. The van der Waals surface area contributed by atoms with Gasteiger partial charge in [-0.2, -0.15) is 5.10 Å². The van der Waals surface area contributed by atoms with Crippen LogP contribution >= 0.6 is 0 Å². The Morgan fingerprint density at radius 1 is 1.10 bits per heavy atom. The zero-order valence-electron chi connectivity index (χ0n) is 16.7. The molecule has 1 aromatic carbocycles. The zero-order chi connectivity index (χ0) is 20.4. The van der Waals surface area contributed by atoms with Gasteiger partial charge in [0.25, 0.3) is 5.91 Å². The Hall–Kier alpha value is -3.68. The van der Waals surface area contributed by atoms with Crippen molar-refractivity contribution >= 4 is 22.6 Å². The van der Waals surface area contributed by atoms with Gasteiger partial charge in [0.2, 0.25) is 0 Å². The van der Waals surface area contributed by atoms with E-state index < -0.39 is 0 Å². The summed E-state index contributed by atoms with van der Waals surface area (Å²) in [7, 11) is 0. The first-order chi connectivity index (χ1) is 14.0. The molecule has 0 saturated heterocycles. The number of benzene rings is 1. The average molecular weight is 389 g/mol. The van der Waals surface area contributed by atoms with Gasteiger partial charge in [-0.25, -0.2) is 14.6 Å². The maximum Gasteiger partial charge on any atom is 0.253 e. The van der Waals surface area contributed by atoms with Crippen LogP contribution in [-0.2, 0) is 0 Å². The van der Waals surface area contributed by atoms with E-state index in [4.69, 9.17) is 0 Å². The van der Waals surface area contributed by atoms with Crippen molar-refractivity contribution in [3.05, 3.63) is 65.4 Å². The minimum absolute atomic E-state index is 0.105. The molecular weight excluding hydrogens is 366 g/mol. The number of aryl methyl sites for hydroxylation is 3. The quantitative estimate of drug-likeness (QED) is 0.440. The van der Waals surface area contributed by atoms with Crippen LogP contribution in [-0.4, -0.2) is 43.7 Å².